The summed E-state index contributed by atoms with van der Waals surface area (Å²) in [4.78, 5) is 15.3. The number of amides is 1. The first-order chi connectivity index (χ1) is 17.8. The maximum absolute atomic E-state index is 13.4. The van der Waals surface area contributed by atoms with Crippen LogP contribution >= 0.6 is 11.6 Å². The number of unbranched alkanes of at least 4 members (excludes halogenated alkanes) is 1. The van der Waals surface area contributed by atoms with E-state index in [1.54, 1.807) is 13.2 Å². The van der Waals surface area contributed by atoms with E-state index in [0.29, 0.717) is 41.7 Å². The molecule has 1 saturated heterocycles. The number of aryl methyl sites for hydroxylation is 1. The maximum atomic E-state index is 13.4. The quantitative estimate of drug-likeness (QED) is 0.380. The van der Waals surface area contributed by atoms with E-state index >= 15 is 0 Å². The Labute approximate surface area is 226 Å². The molecule has 4 rings (SSSR count). The van der Waals surface area contributed by atoms with Crippen LogP contribution in [0.5, 0.6) is 11.5 Å². The molecule has 0 spiro atoms. The predicted molar refractivity (Wildman–Crippen MR) is 147 cm³/mol. The average Bonchev–Trinajstić information content (AvgIpc) is 3.34. The molecule has 1 heterocycles. The molecule has 1 unspecified atom stereocenters. The molecule has 4 atom stereocenters. The van der Waals surface area contributed by atoms with Gasteiger partial charge >= 0.3 is 0 Å². The molecule has 7 heteroatoms. The number of carbonyl (C=O) groups excluding carboxylic acids is 1. The molecular formula is C30H41ClN2O4. The van der Waals surface area contributed by atoms with Crippen LogP contribution in [0.2, 0.25) is 5.02 Å². The second kappa shape index (κ2) is 12.6. The van der Waals surface area contributed by atoms with Crippen LogP contribution in [0.15, 0.2) is 42.5 Å². The molecule has 6 nitrogen and oxygen atoms in total. The van der Waals surface area contributed by atoms with Gasteiger partial charge in [0.2, 0.25) is 5.91 Å². The first kappa shape index (κ1) is 27.9. The molecule has 1 aliphatic carbocycles. The maximum Gasteiger partial charge on any atom is 0.225 e. The molecule has 1 amide bonds. The summed E-state index contributed by atoms with van der Waals surface area (Å²) in [6, 6.07) is 13.5. The highest BCUT2D eigenvalue weighted by atomic mass is 35.5. The molecule has 2 aromatic rings. The number of likely N-dealkylation sites (tertiary alicyclic amines) is 1. The van der Waals surface area contributed by atoms with Gasteiger partial charge in [0.15, 0.2) is 5.75 Å². The summed E-state index contributed by atoms with van der Waals surface area (Å²) in [7, 11) is 1.69. The Morgan fingerprint density at radius 2 is 1.97 bits per heavy atom. The average molecular weight is 529 g/mol. The van der Waals surface area contributed by atoms with Crippen LogP contribution in [0.1, 0.15) is 62.5 Å². The lowest BCUT2D eigenvalue weighted by Gasteiger charge is -2.44. The number of aliphatic hydroxyl groups is 1. The fourth-order valence-electron chi connectivity index (χ4n) is 6.00. The van der Waals surface area contributed by atoms with Crippen molar-refractivity contribution in [2.75, 3.05) is 26.8 Å². The second-order valence-corrected chi connectivity index (χ2v) is 11.2. The van der Waals surface area contributed by atoms with E-state index in [1.807, 2.05) is 48.2 Å². The Balaban J connectivity index is 1.65. The molecule has 0 bridgehead atoms. The highest BCUT2D eigenvalue weighted by Crippen LogP contribution is 2.47. The lowest BCUT2D eigenvalue weighted by molar-refractivity contribution is -0.141. The molecule has 0 aromatic heterocycles. The number of piperidine rings is 1. The molecule has 202 valence electrons. The number of hydrogen-bond acceptors (Lipinski definition) is 5. The van der Waals surface area contributed by atoms with E-state index in [-0.39, 0.29) is 23.8 Å². The topological polar surface area (TPSA) is 85.0 Å². The monoisotopic (exact) mass is 528 g/mol. The minimum atomic E-state index is -1.21. The van der Waals surface area contributed by atoms with Crippen molar-refractivity contribution < 1.29 is 19.4 Å². The van der Waals surface area contributed by atoms with E-state index in [0.717, 1.165) is 57.1 Å². The van der Waals surface area contributed by atoms with Gasteiger partial charge in [-0.05, 0) is 76.0 Å². The van der Waals surface area contributed by atoms with Gasteiger partial charge in [0.25, 0.3) is 0 Å². The summed E-state index contributed by atoms with van der Waals surface area (Å²) in [6.07, 6.45) is 6.33. The van der Waals surface area contributed by atoms with Gasteiger partial charge in [-0.25, -0.2) is 0 Å². The third-order valence-electron chi connectivity index (χ3n) is 8.13. The van der Waals surface area contributed by atoms with Gasteiger partial charge in [-0.1, -0.05) is 41.9 Å². The number of hydrogen-bond donors (Lipinski definition) is 2. The van der Waals surface area contributed by atoms with Crippen molar-refractivity contribution in [3.05, 3.63) is 58.6 Å². The zero-order valence-electron chi connectivity index (χ0n) is 22.1. The van der Waals surface area contributed by atoms with Crippen LogP contribution in [0.4, 0.5) is 0 Å². The smallest absolute Gasteiger partial charge is 0.225 e. The Bertz CT molecular complexity index is 1060. The van der Waals surface area contributed by atoms with Crippen LogP contribution in [0.3, 0.4) is 0 Å². The number of methoxy groups -OCH3 is 1. The first-order valence-electron chi connectivity index (χ1n) is 13.6. The zero-order chi connectivity index (χ0) is 26.4. The molecule has 1 saturated carbocycles. The van der Waals surface area contributed by atoms with Crippen LogP contribution in [0, 0.1) is 18.8 Å². The molecular weight excluding hydrogens is 488 g/mol. The van der Waals surface area contributed by atoms with Gasteiger partial charge in [0.05, 0.1) is 10.6 Å². The fourth-order valence-corrected chi connectivity index (χ4v) is 6.21. The number of para-hydroxylation sites is 2. The lowest BCUT2D eigenvalue weighted by Crippen LogP contribution is -2.49. The number of nitrogens with zero attached hydrogens (tertiary/aromatic N) is 1. The summed E-state index contributed by atoms with van der Waals surface area (Å²) < 4.78 is 11.7. The van der Waals surface area contributed by atoms with Gasteiger partial charge in [-0.3, -0.25) is 4.79 Å². The summed E-state index contributed by atoms with van der Waals surface area (Å²) >= 11 is 6.71. The number of halogens is 1. The number of carbonyl (C=O) groups is 1. The normalized spacial score (nSPS) is 23.6. The van der Waals surface area contributed by atoms with Crippen LogP contribution in [-0.2, 0) is 15.1 Å². The van der Waals surface area contributed by atoms with E-state index < -0.39 is 5.60 Å². The number of nitrogens with two attached hydrogens (primary N) is 1. The van der Waals surface area contributed by atoms with Gasteiger partial charge in [0.1, 0.15) is 5.75 Å². The van der Waals surface area contributed by atoms with Gasteiger partial charge in [-0.2, -0.15) is 0 Å². The Morgan fingerprint density at radius 1 is 1.16 bits per heavy atom. The van der Waals surface area contributed by atoms with Crippen LogP contribution in [0.25, 0.3) is 0 Å². The van der Waals surface area contributed by atoms with Gasteiger partial charge in [0, 0.05) is 50.2 Å². The molecule has 2 aliphatic rings. The number of ether oxygens (including phenoxy) is 2. The predicted octanol–water partition coefficient (Wildman–Crippen LogP) is 5.81. The standard InChI is InChI=1S/C30H41ClN2O4/c1-21-9-3-4-13-27(21)37-28-25(11-7-12-26(28)31)30(35,16-5-6-18-36-2)23-10-8-17-33(20-23)29(34)22-14-15-24(32)19-22/h3-4,7,9,11-13,22-24,35H,5-6,8,10,14-20,32H2,1-2H3/t22-,23-,24+,30?/m1/s1. The van der Waals surface area contributed by atoms with Crippen molar-refractivity contribution in [2.45, 2.75) is 69.9 Å². The van der Waals surface area contributed by atoms with E-state index in [1.165, 1.54) is 0 Å². The van der Waals surface area contributed by atoms with Crippen LogP contribution < -0.4 is 10.5 Å². The SMILES string of the molecule is COCCCCC(O)(c1cccc(Cl)c1Oc1ccccc1C)[C@@H]1CCCN(C(=O)[C@@H]2CC[C@H](N)C2)C1. The highest BCUT2D eigenvalue weighted by Gasteiger charge is 2.44. The third kappa shape index (κ3) is 6.48. The Morgan fingerprint density at radius 3 is 2.70 bits per heavy atom. The van der Waals surface area contributed by atoms with Crippen molar-refractivity contribution in [1.29, 1.82) is 0 Å². The summed E-state index contributed by atoms with van der Waals surface area (Å²) in [5.74, 6) is 1.23. The van der Waals surface area contributed by atoms with Gasteiger partial charge in [-0.15, -0.1) is 0 Å². The zero-order valence-corrected chi connectivity index (χ0v) is 22.9. The highest BCUT2D eigenvalue weighted by molar-refractivity contribution is 6.32. The summed E-state index contributed by atoms with van der Waals surface area (Å²) in [6.45, 7) is 3.86. The minimum absolute atomic E-state index is 0.00494. The van der Waals surface area contributed by atoms with E-state index in [2.05, 4.69) is 0 Å². The molecule has 2 aromatic carbocycles. The lowest BCUT2D eigenvalue weighted by atomic mass is 9.73. The van der Waals surface area contributed by atoms with Crippen molar-refractivity contribution >= 4 is 17.5 Å². The molecule has 3 N–H and O–H groups in total. The summed E-state index contributed by atoms with van der Waals surface area (Å²) in [5, 5.41) is 13.0. The minimum Gasteiger partial charge on any atom is -0.455 e. The number of benzene rings is 2. The third-order valence-corrected chi connectivity index (χ3v) is 8.42. The van der Waals surface area contributed by atoms with Crippen molar-refractivity contribution in [3.63, 3.8) is 0 Å². The molecule has 1 aliphatic heterocycles. The Hall–Kier alpha value is -2.12. The van der Waals surface area contributed by atoms with Crippen molar-refractivity contribution in [2.24, 2.45) is 17.6 Å². The van der Waals surface area contributed by atoms with Crippen LogP contribution in [-0.4, -0.2) is 48.8 Å². The van der Waals surface area contributed by atoms with Crippen molar-refractivity contribution in [3.8, 4) is 11.5 Å². The number of rotatable bonds is 10. The molecule has 37 heavy (non-hydrogen) atoms. The van der Waals surface area contributed by atoms with Gasteiger partial charge < -0.3 is 25.2 Å². The summed E-state index contributed by atoms with van der Waals surface area (Å²) in [5.41, 5.74) is 6.57. The Kier molecular flexibility index (Phi) is 9.51. The van der Waals surface area contributed by atoms with E-state index in [4.69, 9.17) is 26.8 Å². The van der Waals surface area contributed by atoms with E-state index in [9.17, 15) is 9.90 Å². The fraction of sp³-hybridized carbons (Fsp3) is 0.567. The molecule has 2 fully saturated rings. The molecule has 0 radical (unpaired) electrons. The second-order valence-electron chi connectivity index (χ2n) is 10.8. The first-order valence-corrected chi connectivity index (χ1v) is 14.0. The largest absolute Gasteiger partial charge is 0.455 e. The van der Waals surface area contributed by atoms with Crippen molar-refractivity contribution in [1.82, 2.24) is 4.90 Å².